The summed E-state index contributed by atoms with van der Waals surface area (Å²) in [5.41, 5.74) is 4.01. The molecular weight excluding hydrogens is 258 g/mol. The Balaban J connectivity index is 2.07. The van der Waals surface area contributed by atoms with Crippen molar-refractivity contribution in [3.8, 4) is 5.75 Å². The van der Waals surface area contributed by atoms with Crippen molar-refractivity contribution in [1.82, 2.24) is 4.90 Å². The Bertz CT molecular complexity index is 604. The van der Waals surface area contributed by atoms with Crippen molar-refractivity contribution in [2.24, 2.45) is 0 Å². The topological polar surface area (TPSA) is 23.5 Å². The highest BCUT2D eigenvalue weighted by atomic mass is 16.3. The van der Waals surface area contributed by atoms with Crippen LogP contribution >= 0.6 is 0 Å². The van der Waals surface area contributed by atoms with Crippen LogP contribution in [0.1, 0.15) is 36.5 Å². The fourth-order valence-corrected chi connectivity index (χ4v) is 3.70. The van der Waals surface area contributed by atoms with Crippen molar-refractivity contribution in [3.05, 3.63) is 65.2 Å². The van der Waals surface area contributed by atoms with Gasteiger partial charge >= 0.3 is 0 Å². The number of hydrogen-bond donors (Lipinski definition) is 1. The highest BCUT2D eigenvalue weighted by Crippen LogP contribution is 2.42. The molecule has 110 valence electrons. The minimum Gasteiger partial charge on any atom is -0.508 e. The van der Waals surface area contributed by atoms with E-state index in [0.29, 0.717) is 17.7 Å². The lowest BCUT2D eigenvalue weighted by atomic mass is 9.89. The Labute approximate surface area is 127 Å². The second-order valence-electron chi connectivity index (χ2n) is 5.76. The molecule has 3 rings (SSSR count). The van der Waals surface area contributed by atoms with Gasteiger partial charge in [-0.2, -0.15) is 0 Å². The normalized spacial score (nSPS) is 20.7. The minimum absolute atomic E-state index is 0.355. The van der Waals surface area contributed by atoms with Gasteiger partial charge in [0.25, 0.3) is 0 Å². The van der Waals surface area contributed by atoms with Crippen molar-refractivity contribution in [2.75, 3.05) is 13.1 Å². The van der Waals surface area contributed by atoms with Crippen LogP contribution in [-0.2, 0) is 6.42 Å². The molecule has 0 heterocycles. The van der Waals surface area contributed by atoms with E-state index in [-0.39, 0.29) is 0 Å². The summed E-state index contributed by atoms with van der Waals surface area (Å²) in [4.78, 5) is 2.54. The van der Waals surface area contributed by atoms with E-state index in [9.17, 15) is 5.11 Å². The van der Waals surface area contributed by atoms with E-state index in [0.717, 1.165) is 19.5 Å². The predicted octanol–water partition coefficient (Wildman–Crippen LogP) is 3.79. The van der Waals surface area contributed by atoms with Crippen LogP contribution in [0.4, 0.5) is 0 Å². The lowest BCUT2D eigenvalue weighted by Gasteiger charge is -2.31. The fourth-order valence-electron chi connectivity index (χ4n) is 3.70. The van der Waals surface area contributed by atoms with E-state index >= 15 is 0 Å². The Kier molecular flexibility index (Phi) is 3.98. The van der Waals surface area contributed by atoms with Crippen molar-refractivity contribution >= 4 is 0 Å². The number of benzene rings is 2. The maximum atomic E-state index is 9.89. The molecule has 0 fully saturated rings. The molecule has 0 bridgehead atoms. The number of aromatic hydroxyl groups is 1. The fraction of sp³-hybridized carbons (Fsp3) is 0.368. The predicted molar refractivity (Wildman–Crippen MR) is 86.8 cm³/mol. The first-order valence-corrected chi connectivity index (χ1v) is 7.85. The summed E-state index contributed by atoms with van der Waals surface area (Å²) in [5, 5.41) is 9.89. The zero-order valence-corrected chi connectivity index (χ0v) is 12.8. The van der Waals surface area contributed by atoms with Gasteiger partial charge in [-0.1, -0.05) is 50.2 Å². The molecule has 0 radical (unpaired) electrons. The lowest BCUT2D eigenvalue weighted by molar-refractivity contribution is 0.209. The van der Waals surface area contributed by atoms with E-state index in [1.165, 1.54) is 16.7 Å². The van der Waals surface area contributed by atoms with Gasteiger partial charge in [0.2, 0.25) is 0 Å². The van der Waals surface area contributed by atoms with Crippen LogP contribution in [0.3, 0.4) is 0 Å². The molecule has 0 amide bonds. The van der Waals surface area contributed by atoms with Gasteiger partial charge in [0, 0.05) is 12.0 Å². The Morgan fingerprint density at radius 2 is 1.76 bits per heavy atom. The molecular formula is C19H23NO. The van der Waals surface area contributed by atoms with E-state index < -0.39 is 0 Å². The highest BCUT2D eigenvalue weighted by molar-refractivity contribution is 5.48. The van der Waals surface area contributed by atoms with Crippen LogP contribution in [0.25, 0.3) is 0 Å². The second-order valence-corrected chi connectivity index (χ2v) is 5.76. The van der Waals surface area contributed by atoms with Crippen LogP contribution in [0, 0.1) is 0 Å². The Hall–Kier alpha value is -1.80. The van der Waals surface area contributed by atoms with E-state index in [2.05, 4.69) is 55.1 Å². The molecule has 2 aromatic rings. The van der Waals surface area contributed by atoms with Crippen LogP contribution in [-0.4, -0.2) is 29.1 Å². The second kappa shape index (κ2) is 5.90. The third-order valence-electron chi connectivity index (χ3n) is 4.72. The molecule has 1 aliphatic carbocycles. The number of likely N-dealkylation sites (N-methyl/N-ethyl adjacent to an activating group) is 1. The molecule has 0 saturated heterocycles. The van der Waals surface area contributed by atoms with Crippen molar-refractivity contribution in [2.45, 2.75) is 32.2 Å². The zero-order valence-electron chi connectivity index (χ0n) is 12.8. The average Bonchev–Trinajstić information content (AvgIpc) is 2.88. The SMILES string of the molecule is CCN(CC)[C@@H]1Cc2ccc(O)cc2[C@@H]1c1ccccc1. The van der Waals surface area contributed by atoms with E-state index in [1.54, 1.807) is 0 Å². The Morgan fingerprint density at radius 3 is 2.43 bits per heavy atom. The summed E-state index contributed by atoms with van der Waals surface area (Å²) in [5.74, 6) is 0.725. The van der Waals surface area contributed by atoms with E-state index in [1.807, 2.05) is 12.1 Å². The van der Waals surface area contributed by atoms with Crippen molar-refractivity contribution in [1.29, 1.82) is 0 Å². The van der Waals surface area contributed by atoms with Gasteiger partial charge in [-0.15, -0.1) is 0 Å². The number of rotatable bonds is 4. The van der Waals surface area contributed by atoms with Gasteiger partial charge in [-0.25, -0.2) is 0 Å². The monoisotopic (exact) mass is 281 g/mol. The minimum atomic E-state index is 0.355. The van der Waals surface area contributed by atoms with Crippen LogP contribution in [0.2, 0.25) is 0 Å². The maximum Gasteiger partial charge on any atom is 0.115 e. The van der Waals surface area contributed by atoms with E-state index in [4.69, 9.17) is 0 Å². The smallest absolute Gasteiger partial charge is 0.115 e. The summed E-state index contributed by atoms with van der Waals surface area (Å²) in [6.45, 7) is 6.58. The highest BCUT2D eigenvalue weighted by Gasteiger charge is 2.36. The van der Waals surface area contributed by atoms with Crippen molar-refractivity contribution in [3.63, 3.8) is 0 Å². The number of fused-ring (bicyclic) bond motifs is 1. The summed E-state index contributed by atoms with van der Waals surface area (Å²) in [6, 6.07) is 17.0. The number of phenolic OH excluding ortho intramolecular Hbond substituents is 1. The average molecular weight is 281 g/mol. The first-order chi connectivity index (χ1) is 10.2. The maximum absolute atomic E-state index is 9.89. The molecule has 0 aliphatic heterocycles. The summed E-state index contributed by atoms with van der Waals surface area (Å²) in [7, 11) is 0. The molecule has 1 aliphatic rings. The lowest BCUT2D eigenvalue weighted by Crippen LogP contribution is -2.38. The molecule has 0 unspecified atom stereocenters. The first-order valence-electron chi connectivity index (χ1n) is 7.85. The van der Waals surface area contributed by atoms with Crippen molar-refractivity contribution < 1.29 is 5.11 Å². The summed E-state index contributed by atoms with van der Waals surface area (Å²) < 4.78 is 0. The van der Waals surface area contributed by atoms with Gasteiger partial charge in [0.1, 0.15) is 5.75 Å². The molecule has 2 aromatic carbocycles. The zero-order chi connectivity index (χ0) is 14.8. The van der Waals surface area contributed by atoms with Gasteiger partial charge in [0.15, 0.2) is 0 Å². The molecule has 2 atom stereocenters. The quantitative estimate of drug-likeness (QED) is 0.921. The molecule has 1 N–H and O–H groups in total. The molecule has 0 saturated carbocycles. The molecule has 2 nitrogen and oxygen atoms in total. The van der Waals surface area contributed by atoms with Crippen LogP contribution in [0.5, 0.6) is 5.75 Å². The standard InChI is InChI=1S/C19H23NO/c1-3-20(4-2)18-12-15-10-11-16(21)13-17(15)19(18)14-8-6-5-7-9-14/h5-11,13,18-19,21H,3-4,12H2,1-2H3/t18-,19+/m1/s1. The first kappa shape index (κ1) is 14.2. The number of hydrogen-bond acceptors (Lipinski definition) is 2. The largest absolute Gasteiger partial charge is 0.508 e. The third-order valence-corrected chi connectivity index (χ3v) is 4.72. The number of phenols is 1. The summed E-state index contributed by atoms with van der Waals surface area (Å²) >= 11 is 0. The van der Waals surface area contributed by atoms with Crippen LogP contribution < -0.4 is 0 Å². The van der Waals surface area contributed by atoms with Gasteiger partial charge in [-0.05, 0) is 48.3 Å². The number of nitrogens with zero attached hydrogens (tertiary/aromatic N) is 1. The molecule has 0 aromatic heterocycles. The van der Waals surface area contributed by atoms with Gasteiger partial charge in [-0.3, -0.25) is 4.90 Å². The van der Waals surface area contributed by atoms with Crippen LogP contribution in [0.15, 0.2) is 48.5 Å². The third kappa shape index (κ3) is 2.56. The van der Waals surface area contributed by atoms with Gasteiger partial charge in [0.05, 0.1) is 0 Å². The van der Waals surface area contributed by atoms with Gasteiger partial charge < -0.3 is 5.11 Å². The molecule has 21 heavy (non-hydrogen) atoms. The molecule has 2 heteroatoms. The summed E-state index contributed by atoms with van der Waals surface area (Å²) in [6.07, 6.45) is 1.07. The Morgan fingerprint density at radius 1 is 1.05 bits per heavy atom. The molecule has 0 spiro atoms.